The molecule has 1 aliphatic rings. The van der Waals surface area contributed by atoms with Crippen molar-refractivity contribution in [1.29, 1.82) is 5.26 Å². The number of nitrogens with one attached hydrogen (secondary N) is 1. The fourth-order valence-corrected chi connectivity index (χ4v) is 2.03. The van der Waals surface area contributed by atoms with Crippen LogP contribution in [0.5, 0.6) is 0 Å². The van der Waals surface area contributed by atoms with E-state index in [1.54, 1.807) is 18.2 Å². The lowest BCUT2D eigenvalue weighted by atomic mass is 10.2. The van der Waals surface area contributed by atoms with Gasteiger partial charge in [-0.2, -0.15) is 5.26 Å². The quantitative estimate of drug-likeness (QED) is 0.850. The monoisotopic (exact) mass is 257 g/mol. The third-order valence-corrected chi connectivity index (χ3v) is 3.31. The molecule has 1 amide bonds. The Morgan fingerprint density at radius 1 is 1.47 bits per heavy atom. The Hall–Kier alpha value is -1.86. The van der Waals surface area contributed by atoms with Gasteiger partial charge in [-0.25, -0.2) is 0 Å². The number of carbonyl (C=O) groups is 1. The Balaban J connectivity index is 1.78. The molecule has 0 saturated heterocycles. The molecule has 1 saturated carbocycles. The minimum Gasteiger partial charge on any atom is -0.325 e. The summed E-state index contributed by atoms with van der Waals surface area (Å²) in [5.74, 6) is 0.803. The third-order valence-electron chi connectivity index (χ3n) is 3.31. The highest BCUT2D eigenvalue weighted by Gasteiger charge is 2.22. The molecule has 0 atom stereocenters. The normalized spacial score (nSPS) is 14.2. The molecule has 0 radical (unpaired) electrons. The SMILES string of the molecule is CN(CCC(=O)Nc1ccccc1C#N)CC1CC1. The van der Waals surface area contributed by atoms with E-state index in [-0.39, 0.29) is 5.91 Å². The fourth-order valence-electron chi connectivity index (χ4n) is 2.03. The average molecular weight is 257 g/mol. The second-order valence-electron chi connectivity index (χ2n) is 5.16. The molecule has 0 bridgehead atoms. The van der Waals surface area contributed by atoms with Gasteiger partial charge in [-0.3, -0.25) is 4.79 Å². The summed E-state index contributed by atoms with van der Waals surface area (Å²) < 4.78 is 0. The fraction of sp³-hybridized carbons (Fsp3) is 0.467. The van der Waals surface area contributed by atoms with Gasteiger partial charge in [-0.05, 0) is 37.9 Å². The first-order valence-electron chi connectivity index (χ1n) is 6.66. The van der Waals surface area contributed by atoms with E-state index in [0.717, 1.165) is 19.0 Å². The first kappa shape index (κ1) is 13.6. The van der Waals surface area contributed by atoms with Crippen molar-refractivity contribution in [2.75, 3.05) is 25.5 Å². The number of para-hydroxylation sites is 1. The van der Waals surface area contributed by atoms with Gasteiger partial charge in [0.1, 0.15) is 6.07 Å². The Kier molecular flexibility index (Phi) is 4.53. The number of anilines is 1. The van der Waals surface area contributed by atoms with Crippen LogP contribution in [0.25, 0.3) is 0 Å². The third kappa shape index (κ3) is 4.38. The van der Waals surface area contributed by atoms with E-state index < -0.39 is 0 Å². The minimum atomic E-state index is -0.0367. The van der Waals surface area contributed by atoms with Crippen molar-refractivity contribution in [1.82, 2.24) is 4.90 Å². The van der Waals surface area contributed by atoms with Crippen LogP contribution < -0.4 is 5.32 Å². The van der Waals surface area contributed by atoms with Gasteiger partial charge in [0.2, 0.25) is 5.91 Å². The molecule has 1 aromatic carbocycles. The van der Waals surface area contributed by atoms with Crippen molar-refractivity contribution >= 4 is 11.6 Å². The predicted molar refractivity (Wildman–Crippen MR) is 74.6 cm³/mol. The zero-order valence-electron chi connectivity index (χ0n) is 11.2. The average Bonchev–Trinajstić information content (AvgIpc) is 3.21. The maximum Gasteiger partial charge on any atom is 0.225 e. The number of amides is 1. The summed E-state index contributed by atoms with van der Waals surface area (Å²) in [6, 6.07) is 9.14. The summed E-state index contributed by atoms with van der Waals surface area (Å²) in [5.41, 5.74) is 1.10. The molecule has 0 unspecified atom stereocenters. The zero-order chi connectivity index (χ0) is 13.7. The number of benzene rings is 1. The Morgan fingerprint density at radius 3 is 2.89 bits per heavy atom. The molecule has 19 heavy (non-hydrogen) atoms. The van der Waals surface area contributed by atoms with Crippen LogP contribution in [-0.2, 0) is 4.79 Å². The molecule has 1 fully saturated rings. The summed E-state index contributed by atoms with van der Waals surface area (Å²) in [6.07, 6.45) is 3.11. The molecule has 0 aromatic heterocycles. The number of rotatable bonds is 6. The van der Waals surface area contributed by atoms with Crippen LogP contribution in [-0.4, -0.2) is 30.9 Å². The minimum absolute atomic E-state index is 0.0367. The predicted octanol–water partition coefficient (Wildman–Crippen LogP) is 2.23. The molecule has 4 nitrogen and oxygen atoms in total. The van der Waals surface area contributed by atoms with Crippen molar-refractivity contribution in [3.05, 3.63) is 29.8 Å². The largest absolute Gasteiger partial charge is 0.325 e. The van der Waals surface area contributed by atoms with E-state index in [9.17, 15) is 4.79 Å². The van der Waals surface area contributed by atoms with Gasteiger partial charge < -0.3 is 10.2 Å². The van der Waals surface area contributed by atoms with Gasteiger partial charge in [0.15, 0.2) is 0 Å². The highest BCUT2D eigenvalue weighted by molar-refractivity contribution is 5.92. The van der Waals surface area contributed by atoms with Crippen LogP contribution in [0.3, 0.4) is 0 Å². The van der Waals surface area contributed by atoms with Gasteiger partial charge in [0.05, 0.1) is 11.3 Å². The van der Waals surface area contributed by atoms with E-state index in [2.05, 4.69) is 23.3 Å². The second kappa shape index (κ2) is 6.35. The van der Waals surface area contributed by atoms with E-state index in [4.69, 9.17) is 5.26 Å². The molecule has 2 rings (SSSR count). The van der Waals surface area contributed by atoms with E-state index in [0.29, 0.717) is 17.7 Å². The lowest BCUT2D eigenvalue weighted by molar-refractivity contribution is -0.116. The zero-order valence-corrected chi connectivity index (χ0v) is 11.2. The van der Waals surface area contributed by atoms with Crippen molar-refractivity contribution in [2.24, 2.45) is 5.92 Å². The van der Waals surface area contributed by atoms with Gasteiger partial charge in [-0.15, -0.1) is 0 Å². The van der Waals surface area contributed by atoms with Crippen molar-refractivity contribution in [3.63, 3.8) is 0 Å². The first-order chi connectivity index (χ1) is 9.19. The molecule has 1 aliphatic carbocycles. The van der Waals surface area contributed by atoms with Crippen molar-refractivity contribution in [2.45, 2.75) is 19.3 Å². The van der Waals surface area contributed by atoms with Gasteiger partial charge in [0, 0.05) is 19.5 Å². The molecule has 0 aliphatic heterocycles. The van der Waals surface area contributed by atoms with Crippen LogP contribution in [0.1, 0.15) is 24.8 Å². The van der Waals surface area contributed by atoms with Gasteiger partial charge >= 0.3 is 0 Å². The van der Waals surface area contributed by atoms with Crippen LogP contribution in [0.15, 0.2) is 24.3 Å². The Bertz CT molecular complexity index is 488. The number of hydrogen-bond acceptors (Lipinski definition) is 3. The van der Waals surface area contributed by atoms with E-state index in [1.165, 1.54) is 12.8 Å². The Morgan fingerprint density at radius 2 is 2.21 bits per heavy atom. The summed E-state index contributed by atoms with van der Waals surface area (Å²) in [4.78, 5) is 14.0. The molecule has 0 spiro atoms. The standard InChI is InChI=1S/C15H19N3O/c1-18(11-12-6-7-12)9-8-15(19)17-14-5-3-2-4-13(14)10-16/h2-5,12H,6-9,11H2,1H3,(H,17,19). The maximum absolute atomic E-state index is 11.8. The maximum atomic E-state index is 11.8. The van der Waals surface area contributed by atoms with Crippen LogP contribution in [0.4, 0.5) is 5.69 Å². The lowest BCUT2D eigenvalue weighted by Crippen LogP contribution is -2.26. The highest BCUT2D eigenvalue weighted by atomic mass is 16.1. The van der Waals surface area contributed by atoms with Crippen molar-refractivity contribution < 1.29 is 4.79 Å². The number of carbonyl (C=O) groups excluding carboxylic acids is 1. The smallest absolute Gasteiger partial charge is 0.225 e. The summed E-state index contributed by atoms with van der Waals surface area (Å²) in [7, 11) is 2.05. The van der Waals surface area contributed by atoms with Gasteiger partial charge in [-0.1, -0.05) is 12.1 Å². The summed E-state index contributed by atoms with van der Waals surface area (Å²) in [6.45, 7) is 1.85. The van der Waals surface area contributed by atoms with Crippen LogP contribution in [0.2, 0.25) is 0 Å². The highest BCUT2D eigenvalue weighted by Crippen LogP contribution is 2.29. The van der Waals surface area contributed by atoms with E-state index in [1.807, 2.05) is 6.07 Å². The number of nitrogens with zero attached hydrogens (tertiary/aromatic N) is 2. The molecule has 1 N–H and O–H groups in total. The van der Waals surface area contributed by atoms with Crippen LogP contribution >= 0.6 is 0 Å². The van der Waals surface area contributed by atoms with Crippen LogP contribution in [0, 0.1) is 17.2 Å². The molecule has 0 heterocycles. The number of nitriles is 1. The molecule has 4 heteroatoms. The molecular formula is C15H19N3O. The first-order valence-corrected chi connectivity index (χ1v) is 6.66. The molecular weight excluding hydrogens is 238 g/mol. The topological polar surface area (TPSA) is 56.1 Å². The van der Waals surface area contributed by atoms with Crippen molar-refractivity contribution in [3.8, 4) is 6.07 Å². The number of hydrogen-bond donors (Lipinski definition) is 1. The second-order valence-corrected chi connectivity index (χ2v) is 5.16. The summed E-state index contributed by atoms with van der Waals surface area (Å²) in [5, 5.41) is 11.7. The van der Waals surface area contributed by atoms with E-state index >= 15 is 0 Å². The lowest BCUT2D eigenvalue weighted by Gasteiger charge is -2.15. The molecule has 1 aromatic rings. The van der Waals surface area contributed by atoms with Gasteiger partial charge in [0.25, 0.3) is 0 Å². The summed E-state index contributed by atoms with van der Waals surface area (Å²) >= 11 is 0. The molecule has 100 valence electrons. The Labute approximate surface area is 114 Å².